The average Bonchev–Trinajstić information content (AvgIpc) is 1.95. The van der Waals surface area contributed by atoms with Crippen LogP contribution >= 0.6 is 22.6 Å². The second-order valence-electron chi connectivity index (χ2n) is 1.63. The lowest BCUT2D eigenvalue weighted by molar-refractivity contribution is 0.322. The third-order valence-corrected chi connectivity index (χ3v) is 1.48. The molecule has 0 N–H and O–H groups in total. The van der Waals surface area contributed by atoms with E-state index < -0.39 is 0 Å². The van der Waals surface area contributed by atoms with Gasteiger partial charge in [-0.15, -0.1) is 10.2 Å². The summed E-state index contributed by atoms with van der Waals surface area (Å²) in [5, 5.41) is 7.60. The first kappa shape index (κ1) is 7.71. The third-order valence-electron chi connectivity index (χ3n) is 0.900. The molecule has 0 unspecified atom stereocenters. The highest BCUT2D eigenvalue weighted by Gasteiger charge is 1.92. The first-order valence-electron chi connectivity index (χ1n) is 2.95. The molecule has 0 aliphatic carbocycles. The number of ether oxygens (including phenoxy) is 1. The monoisotopic (exact) mass is 250 g/mol. The van der Waals surface area contributed by atoms with Crippen LogP contribution < -0.4 is 4.74 Å². The van der Waals surface area contributed by atoms with Gasteiger partial charge in [0.1, 0.15) is 3.70 Å². The molecule has 1 heterocycles. The summed E-state index contributed by atoms with van der Waals surface area (Å²) in [5.74, 6) is 0.586. The van der Waals surface area contributed by atoms with Crippen molar-refractivity contribution in [1.29, 1.82) is 0 Å². The largest absolute Gasteiger partial charge is 0.477 e. The van der Waals surface area contributed by atoms with Crippen LogP contribution in [0.4, 0.5) is 0 Å². The van der Waals surface area contributed by atoms with Gasteiger partial charge in [-0.2, -0.15) is 0 Å². The summed E-state index contributed by atoms with van der Waals surface area (Å²) in [6, 6.07) is 3.66. The Hall–Kier alpha value is -0.390. The van der Waals surface area contributed by atoms with E-state index in [4.69, 9.17) is 4.74 Å². The van der Waals surface area contributed by atoms with Crippen LogP contribution in [0, 0.1) is 3.70 Å². The first-order valence-corrected chi connectivity index (χ1v) is 4.03. The van der Waals surface area contributed by atoms with Crippen molar-refractivity contribution in [2.45, 2.75) is 6.92 Å². The van der Waals surface area contributed by atoms with Crippen molar-refractivity contribution >= 4 is 22.6 Å². The van der Waals surface area contributed by atoms with Gasteiger partial charge < -0.3 is 4.74 Å². The fraction of sp³-hybridized carbons (Fsp3) is 0.333. The molecule has 1 rings (SSSR count). The number of rotatable bonds is 2. The highest BCUT2D eigenvalue weighted by molar-refractivity contribution is 14.1. The molecule has 0 atom stereocenters. The van der Waals surface area contributed by atoms with E-state index in [1.165, 1.54) is 0 Å². The van der Waals surface area contributed by atoms with E-state index in [9.17, 15) is 0 Å². The van der Waals surface area contributed by atoms with E-state index in [1.807, 2.05) is 13.0 Å². The van der Waals surface area contributed by atoms with Gasteiger partial charge in [-0.3, -0.25) is 0 Å². The number of hydrogen-bond donors (Lipinski definition) is 0. The van der Waals surface area contributed by atoms with E-state index in [1.54, 1.807) is 6.07 Å². The fourth-order valence-corrected chi connectivity index (χ4v) is 0.816. The zero-order valence-electron chi connectivity index (χ0n) is 5.54. The van der Waals surface area contributed by atoms with Crippen molar-refractivity contribution in [3.63, 3.8) is 0 Å². The molecule has 0 aliphatic heterocycles. The Bertz CT molecular complexity index is 199. The maximum absolute atomic E-state index is 5.08. The molecule has 0 aliphatic rings. The van der Waals surface area contributed by atoms with Gasteiger partial charge in [-0.1, -0.05) is 0 Å². The van der Waals surface area contributed by atoms with Crippen LogP contribution in [0.3, 0.4) is 0 Å². The van der Waals surface area contributed by atoms with Gasteiger partial charge >= 0.3 is 0 Å². The predicted molar refractivity (Wildman–Crippen MR) is 45.9 cm³/mol. The Morgan fingerprint density at radius 2 is 2.30 bits per heavy atom. The third kappa shape index (κ3) is 2.09. The molecular weight excluding hydrogens is 243 g/mol. The number of nitrogens with zero attached hydrogens (tertiary/aromatic N) is 2. The van der Waals surface area contributed by atoms with E-state index in [-0.39, 0.29) is 0 Å². The predicted octanol–water partition coefficient (Wildman–Crippen LogP) is 1.48. The average molecular weight is 250 g/mol. The number of hydrogen-bond acceptors (Lipinski definition) is 3. The van der Waals surface area contributed by atoms with Crippen LogP contribution in [0.25, 0.3) is 0 Å². The molecule has 54 valence electrons. The van der Waals surface area contributed by atoms with Gasteiger partial charge in [0.2, 0.25) is 5.88 Å². The minimum absolute atomic E-state index is 0.586. The van der Waals surface area contributed by atoms with Crippen LogP contribution in [0.2, 0.25) is 0 Å². The Morgan fingerprint density at radius 1 is 1.50 bits per heavy atom. The van der Waals surface area contributed by atoms with Crippen molar-refractivity contribution in [2.75, 3.05) is 6.61 Å². The van der Waals surface area contributed by atoms with E-state index in [0.29, 0.717) is 12.5 Å². The van der Waals surface area contributed by atoms with Gasteiger partial charge in [-0.05, 0) is 35.6 Å². The molecule has 0 amide bonds. The van der Waals surface area contributed by atoms with Gasteiger partial charge in [0.15, 0.2) is 0 Å². The molecule has 4 heteroatoms. The SMILES string of the molecule is CCOc1ccc(I)nn1. The molecule has 0 saturated heterocycles. The Balaban J connectivity index is 2.69. The van der Waals surface area contributed by atoms with E-state index >= 15 is 0 Å². The quantitative estimate of drug-likeness (QED) is 0.745. The van der Waals surface area contributed by atoms with Crippen molar-refractivity contribution < 1.29 is 4.74 Å². The van der Waals surface area contributed by atoms with Gasteiger partial charge in [0.05, 0.1) is 6.61 Å². The smallest absolute Gasteiger partial charge is 0.233 e. The Labute approximate surface area is 72.9 Å². The molecule has 0 fully saturated rings. The molecule has 1 aromatic heterocycles. The molecule has 0 aromatic carbocycles. The second kappa shape index (κ2) is 3.70. The lowest BCUT2D eigenvalue weighted by Gasteiger charge is -1.97. The second-order valence-corrected chi connectivity index (χ2v) is 2.73. The Morgan fingerprint density at radius 3 is 2.80 bits per heavy atom. The molecule has 0 radical (unpaired) electrons. The van der Waals surface area contributed by atoms with E-state index in [0.717, 1.165) is 3.70 Å². The van der Waals surface area contributed by atoms with Gasteiger partial charge in [0.25, 0.3) is 0 Å². The zero-order chi connectivity index (χ0) is 7.40. The summed E-state index contributed by atoms with van der Waals surface area (Å²) in [4.78, 5) is 0. The van der Waals surface area contributed by atoms with E-state index in [2.05, 4.69) is 32.8 Å². The van der Waals surface area contributed by atoms with Crippen molar-refractivity contribution in [1.82, 2.24) is 10.2 Å². The van der Waals surface area contributed by atoms with Crippen molar-refractivity contribution in [3.8, 4) is 5.88 Å². The molecule has 10 heavy (non-hydrogen) atoms. The molecule has 0 bridgehead atoms. The minimum atomic E-state index is 0.586. The lowest BCUT2D eigenvalue weighted by atomic mass is 10.6. The minimum Gasteiger partial charge on any atom is -0.477 e. The molecule has 0 saturated carbocycles. The fourth-order valence-electron chi connectivity index (χ4n) is 0.529. The summed E-state index contributed by atoms with van der Waals surface area (Å²) in [7, 11) is 0. The summed E-state index contributed by atoms with van der Waals surface area (Å²) in [6.45, 7) is 2.55. The molecular formula is C6H7IN2O. The van der Waals surface area contributed by atoms with Gasteiger partial charge in [-0.25, -0.2) is 0 Å². The summed E-state index contributed by atoms with van der Waals surface area (Å²) in [5.41, 5.74) is 0. The number of halogens is 1. The summed E-state index contributed by atoms with van der Waals surface area (Å²) >= 11 is 2.10. The summed E-state index contributed by atoms with van der Waals surface area (Å²) < 4.78 is 5.96. The maximum atomic E-state index is 5.08. The molecule has 0 spiro atoms. The zero-order valence-corrected chi connectivity index (χ0v) is 7.70. The van der Waals surface area contributed by atoms with Gasteiger partial charge in [0, 0.05) is 6.07 Å². The number of aromatic nitrogens is 2. The lowest BCUT2D eigenvalue weighted by Crippen LogP contribution is -1.95. The maximum Gasteiger partial charge on any atom is 0.233 e. The highest BCUT2D eigenvalue weighted by atomic mass is 127. The Kier molecular flexibility index (Phi) is 2.85. The summed E-state index contributed by atoms with van der Waals surface area (Å²) in [6.07, 6.45) is 0. The topological polar surface area (TPSA) is 35.0 Å². The standard InChI is InChI=1S/C6H7IN2O/c1-2-10-6-4-3-5(7)8-9-6/h3-4H,2H2,1H3. The van der Waals surface area contributed by atoms with Crippen LogP contribution in [-0.4, -0.2) is 16.8 Å². The molecule has 1 aromatic rings. The van der Waals surface area contributed by atoms with Crippen molar-refractivity contribution in [2.24, 2.45) is 0 Å². The normalized spacial score (nSPS) is 9.40. The van der Waals surface area contributed by atoms with Crippen LogP contribution in [0.1, 0.15) is 6.92 Å². The first-order chi connectivity index (χ1) is 4.83. The van der Waals surface area contributed by atoms with Crippen LogP contribution in [0.15, 0.2) is 12.1 Å². The highest BCUT2D eigenvalue weighted by Crippen LogP contribution is 2.05. The van der Waals surface area contributed by atoms with Crippen LogP contribution in [0.5, 0.6) is 5.88 Å². The van der Waals surface area contributed by atoms with Crippen LogP contribution in [-0.2, 0) is 0 Å². The van der Waals surface area contributed by atoms with Crippen molar-refractivity contribution in [3.05, 3.63) is 15.8 Å². The molecule has 3 nitrogen and oxygen atoms in total.